The van der Waals surface area contributed by atoms with Gasteiger partial charge in [-0.1, -0.05) is 44.6 Å². The quantitative estimate of drug-likeness (QED) is 0.133. The summed E-state index contributed by atoms with van der Waals surface area (Å²) in [6.07, 6.45) is 5.57. The number of cyclic esters (lactones) is 1. The lowest BCUT2D eigenvalue weighted by Crippen LogP contribution is -2.64. The third kappa shape index (κ3) is 12.3. The van der Waals surface area contributed by atoms with Crippen LogP contribution in [-0.4, -0.2) is 132 Å². The lowest BCUT2D eigenvalue weighted by Gasteiger charge is -2.47. The first-order valence-electron chi connectivity index (χ1n) is 21.8. The van der Waals surface area contributed by atoms with E-state index in [4.69, 9.17) is 23.7 Å². The summed E-state index contributed by atoms with van der Waals surface area (Å²) in [5, 5.41) is 34.3. The fourth-order valence-electron chi connectivity index (χ4n) is 9.63. The largest absolute Gasteiger partial charge is 0.456 e. The Hall–Kier alpha value is -3.11. The van der Waals surface area contributed by atoms with Crippen LogP contribution in [0.1, 0.15) is 112 Å². The Balaban J connectivity index is 1.80. The highest BCUT2D eigenvalue weighted by Gasteiger charge is 2.56. The summed E-state index contributed by atoms with van der Waals surface area (Å²) in [7, 11) is 4.57. The predicted octanol–water partition coefficient (Wildman–Crippen LogP) is 4.60. The van der Waals surface area contributed by atoms with Gasteiger partial charge < -0.3 is 43.9 Å². The highest BCUT2D eigenvalue weighted by molar-refractivity contribution is 6.39. The van der Waals surface area contributed by atoms with Gasteiger partial charge in [-0.25, -0.2) is 4.79 Å². The first kappa shape index (κ1) is 49.5. The SMILES string of the molecule is CO[C@H]1C[C@@H](C)CC(C)=C[C@@H](CC=CC(C)=O)C(=O)C[C@H](O)[C@@H](C)[C@@H](C(C)=C[C@@H]2CC[C@@H](O)[C@H](OC)C2)OC(=O)C2CCCCN2C(=O)C(=O)[C@]2(O)O[C@H]1[C@@H](OC)C[C@H]2C. The number of ketones is 3. The molecule has 4 rings (SSSR count). The van der Waals surface area contributed by atoms with Crippen molar-refractivity contribution in [1.29, 1.82) is 0 Å². The standard InChI is InChI=1S/C46H71NO13/c1-26-19-27(2)21-39(57-8)42-40(58-9)23-29(4)46(55,60-42)43(52)44(53)47-18-11-10-15-34(47)45(54)59-41(28(3)22-32-16-17-35(49)38(24-32)56-7)31(6)36(50)25-37(51)33(20-26)14-12-13-30(5)48/h12-13,20,22,27,29,31-36,38-42,49-50,55H,10-11,14-19,21,23-25H2,1-9H3/t27-,29+,31+,32-,33+,34?,35+,36-,38+,39-,40-,41+,42+,46+/m0/s1. The summed E-state index contributed by atoms with van der Waals surface area (Å²) in [4.78, 5) is 70.0. The normalized spacial score (nSPS) is 38.8. The van der Waals surface area contributed by atoms with Gasteiger partial charge in [0, 0.05) is 52.0 Å². The number of aliphatic hydroxyl groups is 3. The monoisotopic (exact) mass is 845 g/mol. The smallest absolute Gasteiger partial charge is 0.329 e. The van der Waals surface area contributed by atoms with E-state index in [2.05, 4.69) is 0 Å². The zero-order valence-electron chi connectivity index (χ0n) is 37.2. The van der Waals surface area contributed by atoms with Gasteiger partial charge in [0.1, 0.15) is 24.0 Å². The Kier molecular flexibility index (Phi) is 18.4. The van der Waals surface area contributed by atoms with Crippen LogP contribution < -0.4 is 0 Å². The van der Waals surface area contributed by atoms with Gasteiger partial charge in [0.25, 0.3) is 11.7 Å². The van der Waals surface area contributed by atoms with Crippen LogP contribution >= 0.6 is 0 Å². The molecule has 1 aliphatic carbocycles. The van der Waals surface area contributed by atoms with Crippen molar-refractivity contribution < 1.29 is 63.0 Å². The van der Waals surface area contributed by atoms with Gasteiger partial charge in [-0.3, -0.25) is 19.2 Å². The highest BCUT2D eigenvalue weighted by atomic mass is 16.7. The summed E-state index contributed by atoms with van der Waals surface area (Å²) in [5.74, 6) is -8.36. The molecule has 1 amide bonds. The number of Topliss-reactive ketones (excluding diaryl/α,β-unsaturated/α-hetero) is 2. The number of nitrogens with zero attached hydrogens (tertiary/aromatic N) is 1. The van der Waals surface area contributed by atoms with Gasteiger partial charge in [-0.05, 0) is 108 Å². The Morgan fingerprint density at radius 1 is 0.900 bits per heavy atom. The first-order valence-corrected chi connectivity index (χ1v) is 21.8. The fourth-order valence-corrected chi connectivity index (χ4v) is 9.63. The molecule has 0 aromatic heterocycles. The van der Waals surface area contributed by atoms with Crippen molar-refractivity contribution >= 4 is 29.2 Å². The summed E-state index contributed by atoms with van der Waals surface area (Å²) < 4.78 is 29.8. The van der Waals surface area contributed by atoms with E-state index in [0.717, 1.165) is 10.5 Å². The minimum atomic E-state index is -2.54. The number of rotatable bonds is 8. The molecule has 0 radical (unpaired) electrons. The molecule has 2 bridgehead atoms. The van der Waals surface area contributed by atoms with Crippen LogP contribution in [0.5, 0.6) is 0 Å². The molecule has 60 heavy (non-hydrogen) atoms. The topological polar surface area (TPSA) is 195 Å². The van der Waals surface area contributed by atoms with E-state index < -0.39 is 83.9 Å². The molecular formula is C46H71NO13. The molecule has 3 heterocycles. The van der Waals surface area contributed by atoms with Gasteiger partial charge in [0.15, 0.2) is 5.78 Å². The highest BCUT2D eigenvalue weighted by Crippen LogP contribution is 2.39. The van der Waals surface area contributed by atoms with Crippen molar-refractivity contribution in [2.75, 3.05) is 27.9 Å². The van der Waals surface area contributed by atoms with E-state index in [1.165, 1.54) is 27.2 Å². The number of ether oxygens (including phenoxy) is 5. The number of allylic oxidation sites excluding steroid dienone is 5. The van der Waals surface area contributed by atoms with Gasteiger partial charge in [-0.15, -0.1) is 0 Å². The molecule has 3 fully saturated rings. The number of esters is 1. The van der Waals surface area contributed by atoms with Crippen LogP contribution in [0.2, 0.25) is 0 Å². The lowest BCUT2D eigenvalue weighted by molar-refractivity contribution is -0.302. The van der Waals surface area contributed by atoms with Crippen molar-refractivity contribution in [3.63, 3.8) is 0 Å². The van der Waals surface area contributed by atoms with Crippen molar-refractivity contribution in [3.8, 4) is 0 Å². The molecule has 2 saturated heterocycles. The zero-order chi connectivity index (χ0) is 44.5. The van der Waals surface area contributed by atoms with Crippen LogP contribution in [0.3, 0.4) is 0 Å². The summed E-state index contributed by atoms with van der Waals surface area (Å²) in [5.41, 5.74) is 1.52. The lowest BCUT2D eigenvalue weighted by atomic mass is 9.81. The number of carbonyl (C=O) groups excluding carboxylic acids is 5. The van der Waals surface area contributed by atoms with Crippen LogP contribution in [-0.2, 0) is 47.7 Å². The van der Waals surface area contributed by atoms with E-state index >= 15 is 0 Å². The summed E-state index contributed by atoms with van der Waals surface area (Å²) in [6.45, 7) is 10.5. The van der Waals surface area contributed by atoms with Gasteiger partial charge >= 0.3 is 5.97 Å². The molecule has 0 aromatic rings. The Labute approximate surface area is 356 Å². The van der Waals surface area contributed by atoms with Crippen LogP contribution in [0.4, 0.5) is 0 Å². The molecule has 1 saturated carbocycles. The molecule has 4 aliphatic rings. The second-order valence-corrected chi connectivity index (χ2v) is 18.0. The zero-order valence-corrected chi connectivity index (χ0v) is 37.2. The molecule has 3 aliphatic heterocycles. The van der Waals surface area contributed by atoms with Crippen LogP contribution in [0.15, 0.2) is 35.5 Å². The molecule has 3 N–H and O–H groups in total. The van der Waals surface area contributed by atoms with Gasteiger partial charge in [0.05, 0.1) is 30.5 Å². The number of hydrogen-bond acceptors (Lipinski definition) is 13. The van der Waals surface area contributed by atoms with Gasteiger partial charge in [0.2, 0.25) is 5.79 Å². The third-order valence-corrected chi connectivity index (χ3v) is 13.2. The molecule has 338 valence electrons. The average Bonchev–Trinajstić information content (AvgIpc) is 3.21. The van der Waals surface area contributed by atoms with E-state index in [1.807, 2.05) is 26.0 Å². The van der Waals surface area contributed by atoms with E-state index in [1.54, 1.807) is 34.0 Å². The maximum absolute atomic E-state index is 14.4. The molecule has 0 spiro atoms. The fraction of sp³-hybridized carbons (Fsp3) is 0.761. The third-order valence-electron chi connectivity index (χ3n) is 13.2. The summed E-state index contributed by atoms with van der Waals surface area (Å²) in [6, 6.07) is -1.17. The summed E-state index contributed by atoms with van der Waals surface area (Å²) >= 11 is 0. The number of piperidine rings is 1. The van der Waals surface area contributed by atoms with E-state index in [-0.39, 0.29) is 61.7 Å². The molecule has 14 nitrogen and oxygen atoms in total. The molecular weight excluding hydrogens is 774 g/mol. The molecule has 1 unspecified atom stereocenters. The van der Waals surface area contributed by atoms with Crippen molar-refractivity contribution in [2.24, 2.45) is 29.6 Å². The first-order chi connectivity index (χ1) is 28.3. The Morgan fingerprint density at radius 3 is 2.22 bits per heavy atom. The van der Waals surface area contributed by atoms with Crippen LogP contribution in [0.25, 0.3) is 0 Å². The molecule has 14 atom stereocenters. The number of carbonyl (C=O) groups is 5. The number of methoxy groups -OCH3 is 3. The second-order valence-electron chi connectivity index (χ2n) is 18.0. The van der Waals surface area contributed by atoms with Crippen molar-refractivity contribution in [1.82, 2.24) is 4.90 Å². The maximum atomic E-state index is 14.4. The van der Waals surface area contributed by atoms with Crippen molar-refractivity contribution in [3.05, 3.63) is 35.5 Å². The average molecular weight is 846 g/mol. The number of amides is 1. The minimum Gasteiger partial charge on any atom is -0.456 e. The van der Waals surface area contributed by atoms with Crippen molar-refractivity contribution in [2.45, 2.75) is 167 Å². The number of fused-ring (bicyclic) bond motifs is 3. The second kappa shape index (κ2) is 22.3. The van der Waals surface area contributed by atoms with E-state index in [9.17, 15) is 39.3 Å². The van der Waals surface area contributed by atoms with Crippen LogP contribution in [0, 0.1) is 29.6 Å². The minimum absolute atomic E-state index is 0.0380. The van der Waals surface area contributed by atoms with E-state index in [0.29, 0.717) is 50.5 Å². The van der Waals surface area contributed by atoms with Gasteiger partial charge in [-0.2, -0.15) is 0 Å². The molecule has 0 aromatic carbocycles. The Bertz CT molecular complexity index is 1610. The number of aliphatic hydroxyl groups excluding tert-OH is 2. The Morgan fingerprint density at radius 2 is 1.57 bits per heavy atom. The maximum Gasteiger partial charge on any atom is 0.329 e. The molecule has 14 heteroatoms. The predicted molar refractivity (Wildman–Crippen MR) is 222 cm³/mol. The number of hydrogen-bond donors (Lipinski definition) is 3.